The highest BCUT2D eigenvalue weighted by Gasteiger charge is 2.33. The summed E-state index contributed by atoms with van der Waals surface area (Å²) < 4.78 is 4.85. The van der Waals surface area contributed by atoms with E-state index in [1.165, 1.54) is 7.11 Å². The first-order chi connectivity index (χ1) is 17.3. The van der Waals surface area contributed by atoms with E-state index in [9.17, 15) is 14.4 Å². The molecule has 1 heterocycles. The minimum Gasteiger partial charge on any atom is -0.481 e. The number of carboxylic acids is 1. The van der Waals surface area contributed by atoms with E-state index in [0.29, 0.717) is 12.2 Å². The maximum Gasteiger partial charge on any atom is 0.411 e. The first kappa shape index (κ1) is 25.5. The number of nitrogens with one attached hydrogen (secondary N) is 1. The Morgan fingerprint density at radius 2 is 1.78 bits per heavy atom. The number of amides is 2. The number of ether oxygens (including phenoxy) is 1. The SMILES string of the molecule is COC(=O)Nc1cc(-c2cccc(CN(CCC(=O)O)C(=O)C3CC3)c2)ccc1N1CCN(C)CC1. The fraction of sp³-hybridized carbons (Fsp3) is 0.444. The minimum absolute atomic E-state index is 0.0241. The zero-order valence-corrected chi connectivity index (χ0v) is 20.9. The van der Waals surface area contributed by atoms with Gasteiger partial charge in [-0.15, -0.1) is 0 Å². The number of benzene rings is 2. The van der Waals surface area contributed by atoms with Gasteiger partial charge >= 0.3 is 12.1 Å². The molecule has 0 atom stereocenters. The number of rotatable bonds is 9. The Kier molecular flexibility index (Phi) is 8.10. The molecule has 2 aromatic rings. The van der Waals surface area contributed by atoms with Crippen molar-refractivity contribution in [2.75, 3.05) is 57.1 Å². The average Bonchev–Trinajstić information content (AvgIpc) is 3.72. The minimum atomic E-state index is -0.913. The van der Waals surface area contributed by atoms with Gasteiger partial charge in [0.25, 0.3) is 0 Å². The number of nitrogens with zero attached hydrogens (tertiary/aromatic N) is 3. The summed E-state index contributed by atoms with van der Waals surface area (Å²) in [6, 6.07) is 13.9. The Hall–Kier alpha value is -3.59. The van der Waals surface area contributed by atoms with Crippen molar-refractivity contribution in [3.63, 3.8) is 0 Å². The van der Waals surface area contributed by atoms with Gasteiger partial charge in [0.05, 0.1) is 24.9 Å². The van der Waals surface area contributed by atoms with Crippen molar-refractivity contribution in [2.45, 2.75) is 25.8 Å². The molecule has 2 aliphatic rings. The van der Waals surface area contributed by atoms with Gasteiger partial charge in [-0.3, -0.25) is 14.9 Å². The van der Waals surface area contributed by atoms with Crippen LogP contribution in [-0.4, -0.2) is 79.8 Å². The second kappa shape index (κ2) is 11.4. The first-order valence-electron chi connectivity index (χ1n) is 12.4. The van der Waals surface area contributed by atoms with Gasteiger partial charge in [0.1, 0.15) is 0 Å². The summed E-state index contributed by atoms with van der Waals surface area (Å²) in [6.45, 7) is 4.18. The molecule has 9 heteroatoms. The molecule has 1 saturated heterocycles. The van der Waals surface area contributed by atoms with E-state index >= 15 is 0 Å². The van der Waals surface area contributed by atoms with Crippen LogP contribution in [0.1, 0.15) is 24.8 Å². The third-order valence-corrected chi connectivity index (χ3v) is 6.73. The van der Waals surface area contributed by atoms with E-state index in [1.54, 1.807) is 4.90 Å². The van der Waals surface area contributed by atoms with Gasteiger partial charge in [-0.1, -0.05) is 24.3 Å². The maximum atomic E-state index is 12.7. The van der Waals surface area contributed by atoms with Crippen LogP contribution in [-0.2, 0) is 20.9 Å². The molecule has 192 valence electrons. The summed E-state index contributed by atoms with van der Waals surface area (Å²) in [5, 5.41) is 12.0. The number of hydrogen-bond donors (Lipinski definition) is 2. The smallest absolute Gasteiger partial charge is 0.411 e. The van der Waals surface area contributed by atoms with Crippen LogP contribution in [0.4, 0.5) is 16.2 Å². The number of piperazine rings is 1. The molecule has 1 aliphatic heterocycles. The molecular weight excluding hydrogens is 460 g/mol. The van der Waals surface area contributed by atoms with E-state index in [4.69, 9.17) is 9.84 Å². The summed E-state index contributed by atoms with van der Waals surface area (Å²) in [5.41, 5.74) is 4.43. The predicted octanol–water partition coefficient (Wildman–Crippen LogP) is 3.50. The molecule has 36 heavy (non-hydrogen) atoms. The average molecular weight is 495 g/mol. The molecule has 0 radical (unpaired) electrons. The van der Waals surface area contributed by atoms with Crippen LogP contribution in [0.25, 0.3) is 11.1 Å². The number of methoxy groups -OCH3 is 1. The van der Waals surface area contributed by atoms with Gasteiger partial charge < -0.3 is 24.5 Å². The summed E-state index contributed by atoms with van der Waals surface area (Å²) >= 11 is 0. The highest BCUT2D eigenvalue weighted by molar-refractivity contribution is 5.91. The molecule has 2 amide bonds. The first-order valence-corrected chi connectivity index (χ1v) is 12.4. The van der Waals surface area contributed by atoms with Crippen molar-refractivity contribution in [1.29, 1.82) is 0 Å². The fourth-order valence-corrected chi connectivity index (χ4v) is 4.46. The van der Waals surface area contributed by atoms with Gasteiger partial charge in [-0.2, -0.15) is 0 Å². The summed E-state index contributed by atoms with van der Waals surface area (Å²) in [5.74, 6) is -0.859. The molecule has 4 rings (SSSR count). The number of likely N-dealkylation sites (N-methyl/N-ethyl adjacent to an activating group) is 1. The standard InChI is InChI=1S/C27H34N4O5/c1-29-12-14-30(15-13-29)24-9-8-22(17-23(24)28-27(35)36-2)21-5-3-4-19(16-21)18-31(11-10-25(32)33)26(34)20-6-7-20/h3-5,8-9,16-17,20H,6-7,10-15,18H2,1-2H3,(H,28,35)(H,32,33). The van der Waals surface area contributed by atoms with Crippen molar-refractivity contribution in [3.05, 3.63) is 48.0 Å². The van der Waals surface area contributed by atoms with E-state index in [0.717, 1.165) is 61.4 Å². The van der Waals surface area contributed by atoms with Crippen LogP contribution in [0.3, 0.4) is 0 Å². The molecule has 0 spiro atoms. The second-order valence-corrected chi connectivity index (χ2v) is 9.52. The molecule has 1 saturated carbocycles. The lowest BCUT2D eigenvalue weighted by atomic mass is 10.0. The quantitative estimate of drug-likeness (QED) is 0.550. The molecule has 2 N–H and O–H groups in total. The monoisotopic (exact) mass is 494 g/mol. The predicted molar refractivity (Wildman–Crippen MR) is 138 cm³/mol. The van der Waals surface area contributed by atoms with Gasteiger partial charge in [0.15, 0.2) is 0 Å². The lowest BCUT2D eigenvalue weighted by Crippen LogP contribution is -2.44. The summed E-state index contributed by atoms with van der Waals surface area (Å²) in [6.07, 6.45) is 1.15. The Morgan fingerprint density at radius 1 is 1.06 bits per heavy atom. The normalized spacial score (nSPS) is 15.9. The molecule has 0 aromatic heterocycles. The lowest BCUT2D eigenvalue weighted by molar-refractivity contribution is -0.139. The second-order valence-electron chi connectivity index (χ2n) is 9.52. The largest absolute Gasteiger partial charge is 0.481 e. The summed E-state index contributed by atoms with van der Waals surface area (Å²) in [7, 11) is 3.44. The number of aliphatic carboxylic acids is 1. The molecule has 0 bridgehead atoms. The van der Waals surface area contributed by atoms with E-state index < -0.39 is 12.1 Å². The lowest BCUT2D eigenvalue weighted by Gasteiger charge is -2.35. The maximum absolute atomic E-state index is 12.7. The third-order valence-electron chi connectivity index (χ3n) is 6.73. The fourth-order valence-electron chi connectivity index (χ4n) is 4.46. The van der Waals surface area contributed by atoms with Gasteiger partial charge in [0, 0.05) is 45.2 Å². The van der Waals surface area contributed by atoms with Crippen molar-refractivity contribution in [1.82, 2.24) is 9.80 Å². The zero-order valence-electron chi connectivity index (χ0n) is 20.9. The summed E-state index contributed by atoms with van der Waals surface area (Å²) in [4.78, 5) is 42.1. The third kappa shape index (κ3) is 6.54. The number of carbonyl (C=O) groups excluding carboxylic acids is 2. The number of hydrogen-bond acceptors (Lipinski definition) is 6. The molecule has 2 aromatic carbocycles. The van der Waals surface area contributed by atoms with Crippen LogP contribution in [0.15, 0.2) is 42.5 Å². The molecule has 9 nitrogen and oxygen atoms in total. The topological polar surface area (TPSA) is 102 Å². The molecule has 0 unspecified atom stereocenters. The van der Waals surface area contributed by atoms with Crippen LogP contribution in [0.5, 0.6) is 0 Å². The van der Waals surface area contributed by atoms with E-state index in [-0.39, 0.29) is 24.8 Å². The number of carboxylic acid groups (broad SMARTS) is 1. The van der Waals surface area contributed by atoms with Crippen LogP contribution in [0.2, 0.25) is 0 Å². The zero-order chi connectivity index (χ0) is 25.7. The van der Waals surface area contributed by atoms with Crippen molar-refractivity contribution in [3.8, 4) is 11.1 Å². The molecule has 1 aliphatic carbocycles. The van der Waals surface area contributed by atoms with E-state index in [1.807, 2.05) is 42.5 Å². The van der Waals surface area contributed by atoms with Crippen LogP contribution in [0, 0.1) is 5.92 Å². The number of anilines is 2. The highest BCUT2D eigenvalue weighted by atomic mass is 16.5. The van der Waals surface area contributed by atoms with Crippen molar-refractivity contribution >= 4 is 29.3 Å². The van der Waals surface area contributed by atoms with Crippen LogP contribution < -0.4 is 10.2 Å². The van der Waals surface area contributed by atoms with Gasteiger partial charge in [-0.05, 0) is 54.8 Å². The highest BCUT2D eigenvalue weighted by Crippen LogP contribution is 2.34. The molecular formula is C27H34N4O5. The van der Waals surface area contributed by atoms with Crippen molar-refractivity contribution in [2.24, 2.45) is 5.92 Å². The Balaban J connectivity index is 1.58. The van der Waals surface area contributed by atoms with Gasteiger partial charge in [0.2, 0.25) is 5.91 Å². The number of carbonyl (C=O) groups is 3. The Morgan fingerprint density at radius 3 is 2.44 bits per heavy atom. The van der Waals surface area contributed by atoms with Crippen molar-refractivity contribution < 1.29 is 24.2 Å². The van der Waals surface area contributed by atoms with Gasteiger partial charge in [-0.25, -0.2) is 4.79 Å². The Labute approximate surface area is 211 Å². The van der Waals surface area contributed by atoms with E-state index in [2.05, 4.69) is 22.2 Å². The Bertz CT molecular complexity index is 1110. The molecule has 2 fully saturated rings. The van der Waals surface area contributed by atoms with Crippen LogP contribution >= 0.6 is 0 Å².